The number of hydrogen-bond acceptors (Lipinski definition) is 5. The molecule has 1 aliphatic carbocycles. The van der Waals surface area contributed by atoms with Gasteiger partial charge in [-0.05, 0) is 30.4 Å². The average molecular weight is 339 g/mol. The number of benzene rings is 1. The standard InChI is InChI=1S/C18H17N3O2S/c19-16(22)15-12-6-7-18(14-9-21-10-23-14,8-13(12)24-17(15)20)11-4-2-1-3-5-11/h1-5,9-10H,6-8,20H2,(H2,19,22). The molecule has 2 aromatic heterocycles. The van der Waals surface area contributed by atoms with Crippen molar-refractivity contribution >= 4 is 22.2 Å². The van der Waals surface area contributed by atoms with Crippen molar-refractivity contribution in [3.63, 3.8) is 0 Å². The van der Waals surface area contributed by atoms with Crippen molar-refractivity contribution in [3.05, 3.63) is 70.3 Å². The van der Waals surface area contributed by atoms with Crippen LogP contribution in [0.5, 0.6) is 0 Å². The molecule has 0 saturated carbocycles. The lowest BCUT2D eigenvalue weighted by atomic mass is 9.68. The highest BCUT2D eigenvalue weighted by molar-refractivity contribution is 7.16. The number of nitrogens with zero attached hydrogens (tertiary/aromatic N) is 1. The molecule has 4 N–H and O–H groups in total. The van der Waals surface area contributed by atoms with Gasteiger partial charge in [0.1, 0.15) is 5.76 Å². The molecule has 6 heteroatoms. The van der Waals surface area contributed by atoms with Crippen LogP contribution < -0.4 is 11.5 Å². The van der Waals surface area contributed by atoms with E-state index >= 15 is 0 Å². The smallest absolute Gasteiger partial charge is 0.251 e. The first-order chi connectivity index (χ1) is 11.6. The number of thiophene rings is 1. The second-order valence-corrected chi connectivity index (χ2v) is 7.23. The number of primary amides is 1. The van der Waals surface area contributed by atoms with E-state index in [1.54, 1.807) is 6.20 Å². The number of oxazole rings is 1. The lowest BCUT2D eigenvalue weighted by molar-refractivity contribution is 0.1000. The fraction of sp³-hybridized carbons (Fsp3) is 0.222. The summed E-state index contributed by atoms with van der Waals surface area (Å²) in [6.45, 7) is 0. The first-order valence-corrected chi connectivity index (χ1v) is 8.58. The highest BCUT2D eigenvalue weighted by atomic mass is 32.1. The van der Waals surface area contributed by atoms with Crippen LogP contribution in [-0.2, 0) is 18.3 Å². The van der Waals surface area contributed by atoms with Crippen LogP contribution in [0, 0.1) is 0 Å². The molecule has 1 aliphatic rings. The molecule has 0 bridgehead atoms. The Morgan fingerprint density at radius 2 is 2.08 bits per heavy atom. The third-order valence-electron chi connectivity index (χ3n) is 4.86. The van der Waals surface area contributed by atoms with Crippen LogP contribution >= 0.6 is 11.3 Å². The molecule has 1 atom stereocenters. The van der Waals surface area contributed by atoms with Crippen molar-refractivity contribution in [2.45, 2.75) is 24.7 Å². The van der Waals surface area contributed by atoms with Gasteiger partial charge in [-0.15, -0.1) is 11.3 Å². The van der Waals surface area contributed by atoms with Gasteiger partial charge in [-0.25, -0.2) is 4.98 Å². The minimum atomic E-state index is -0.447. The Kier molecular flexibility index (Phi) is 3.42. The van der Waals surface area contributed by atoms with Gasteiger partial charge in [0, 0.05) is 4.88 Å². The van der Waals surface area contributed by atoms with Gasteiger partial charge in [0.15, 0.2) is 6.39 Å². The number of nitrogens with two attached hydrogens (primary N) is 2. The Bertz CT molecular complexity index is 887. The predicted molar refractivity (Wildman–Crippen MR) is 93.0 cm³/mol. The summed E-state index contributed by atoms with van der Waals surface area (Å²) in [6, 6.07) is 10.3. The first-order valence-electron chi connectivity index (χ1n) is 7.76. The van der Waals surface area contributed by atoms with Gasteiger partial charge in [-0.1, -0.05) is 30.3 Å². The van der Waals surface area contributed by atoms with Crippen molar-refractivity contribution in [1.29, 1.82) is 0 Å². The molecule has 0 saturated heterocycles. The van der Waals surface area contributed by atoms with E-state index in [0.717, 1.165) is 35.5 Å². The molecule has 0 spiro atoms. The Morgan fingerprint density at radius 1 is 1.29 bits per heavy atom. The maximum Gasteiger partial charge on any atom is 0.251 e. The second-order valence-electron chi connectivity index (χ2n) is 6.10. The van der Waals surface area contributed by atoms with E-state index in [1.165, 1.54) is 23.3 Å². The molecule has 1 amide bonds. The number of anilines is 1. The lowest BCUT2D eigenvalue weighted by Gasteiger charge is -2.35. The molecule has 0 aliphatic heterocycles. The van der Waals surface area contributed by atoms with Crippen molar-refractivity contribution in [2.24, 2.45) is 5.73 Å². The van der Waals surface area contributed by atoms with E-state index in [9.17, 15) is 4.79 Å². The van der Waals surface area contributed by atoms with Crippen LogP contribution in [-0.4, -0.2) is 10.9 Å². The zero-order valence-corrected chi connectivity index (χ0v) is 13.8. The van der Waals surface area contributed by atoms with Gasteiger partial charge in [-0.3, -0.25) is 4.79 Å². The third kappa shape index (κ3) is 2.14. The van der Waals surface area contributed by atoms with Crippen LogP contribution in [0.2, 0.25) is 0 Å². The molecule has 2 heterocycles. The zero-order chi connectivity index (χ0) is 16.7. The molecular weight excluding hydrogens is 322 g/mol. The van der Waals surface area contributed by atoms with E-state index in [1.807, 2.05) is 18.2 Å². The van der Waals surface area contributed by atoms with Gasteiger partial charge in [0.2, 0.25) is 0 Å². The number of nitrogen functional groups attached to an aromatic ring is 1. The topological polar surface area (TPSA) is 95.1 Å². The molecular formula is C18H17N3O2S. The van der Waals surface area contributed by atoms with Crippen molar-refractivity contribution in [2.75, 3.05) is 5.73 Å². The summed E-state index contributed by atoms with van der Waals surface area (Å²) >= 11 is 1.45. The number of fused-ring (bicyclic) bond motifs is 1. The molecule has 1 unspecified atom stereocenters. The predicted octanol–water partition coefficient (Wildman–Crippen LogP) is 2.89. The van der Waals surface area contributed by atoms with Gasteiger partial charge in [0.25, 0.3) is 5.91 Å². The number of aromatic nitrogens is 1. The number of hydrogen-bond donors (Lipinski definition) is 2. The summed E-state index contributed by atoms with van der Waals surface area (Å²) in [6.07, 6.45) is 5.52. The molecule has 4 rings (SSSR count). The summed E-state index contributed by atoms with van der Waals surface area (Å²) in [7, 11) is 0. The largest absolute Gasteiger partial charge is 0.448 e. The molecule has 1 aromatic carbocycles. The van der Waals surface area contributed by atoms with E-state index < -0.39 is 5.91 Å². The Balaban J connectivity index is 1.87. The van der Waals surface area contributed by atoms with E-state index in [4.69, 9.17) is 15.9 Å². The Hall–Kier alpha value is -2.60. The molecule has 24 heavy (non-hydrogen) atoms. The first kappa shape index (κ1) is 15.0. The van der Waals surface area contributed by atoms with Gasteiger partial charge in [0.05, 0.1) is 22.2 Å². The Labute approximate surface area is 143 Å². The maximum atomic E-state index is 11.7. The summed E-state index contributed by atoms with van der Waals surface area (Å²) in [4.78, 5) is 17.0. The van der Waals surface area contributed by atoms with E-state index in [-0.39, 0.29) is 5.41 Å². The summed E-state index contributed by atoms with van der Waals surface area (Å²) in [5.41, 5.74) is 13.9. The fourth-order valence-electron chi connectivity index (χ4n) is 3.72. The van der Waals surface area contributed by atoms with Gasteiger partial charge < -0.3 is 15.9 Å². The van der Waals surface area contributed by atoms with Crippen molar-refractivity contribution < 1.29 is 9.21 Å². The summed E-state index contributed by atoms with van der Waals surface area (Å²) in [5, 5.41) is 0.508. The molecule has 5 nitrogen and oxygen atoms in total. The number of carbonyl (C=O) groups is 1. The quantitative estimate of drug-likeness (QED) is 0.767. The maximum absolute atomic E-state index is 11.7. The SMILES string of the molecule is NC(=O)c1c(N)sc2c1CCC(c1ccccc1)(c1cnco1)C2. The second kappa shape index (κ2) is 5.49. The van der Waals surface area contributed by atoms with Crippen molar-refractivity contribution in [1.82, 2.24) is 4.98 Å². The third-order valence-corrected chi connectivity index (χ3v) is 5.92. The molecule has 122 valence electrons. The van der Waals surface area contributed by atoms with E-state index in [2.05, 4.69) is 17.1 Å². The van der Waals surface area contributed by atoms with E-state index in [0.29, 0.717) is 10.6 Å². The van der Waals surface area contributed by atoms with Crippen LogP contribution in [0.1, 0.15) is 38.5 Å². The molecule has 0 fully saturated rings. The van der Waals surface area contributed by atoms with Crippen LogP contribution in [0.3, 0.4) is 0 Å². The van der Waals surface area contributed by atoms with Crippen LogP contribution in [0.15, 0.2) is 47.3 Å². The summed E-state index contributed by atoms with van der Waals surface area (Å²) < 4.78 is 5.70. The van der Waals surface area contributed by atoms with Crippen LogP contribution in [0.25, 0.3) is 0 Å². The highest BCUT2D eigenvalue weighted by Crippen LogP contribution is 2.47. The summed E-state index contributed by atoms with van der Waals surface area (Å²) in [5.74, 6) is 0.392. The average Bonchev–Trinajstić information content (AvgIpc) is 3.21. The van der Waals surface area contributed by atoms with Gasteiger partial charge >= 0.3 is 0 Å². The number of carbonyl (C=O) groups excluding carboxylic acids is 1. The zero-order valence-electron chi connectivity index (χ0n) is 13.0. The number of rotatable bonds is 3. The Morgan fingerprint density at radius 3 is 2.75 bits per heavy atom. The molecule has 3 aromatic rings. The molecule has 0 radical (unpaired) electrons. The van der Waals surface area contributed by atoms with Gasteiger partial charge in [-0.2, -0.15) is 0 Å². The fourth-order valence-corrected chi connectivity index (χ4v) is 4.96. The van der Waals surface area contributed by atoms with Crippen LogP contribution in [0.4, 0.5) is 5.00 Å². The monoisotopic (exact) mass is 339 g/mol. The minimum Gasteiger partial charge on any atom is -0.448 e. The number of amides is 1. The minimum absolute atomic E-state index is 0.295. The van der Waals surface area contributed by atoms with Crippen molar-refractivity contribution in [3.8, 4) is 0 Å². The lowest BCUT2D eigenvalue weighted by Crippen LogP contribution is -2.34. The highest BCUT2D eigenvalue weighted by Gasteiger charge is 2.42. The normalized spacial score (nSPS) is 19.8.